The van der Waals surface area contributed by atoms with Gasteiger partial charge in [0.2, 0.25) is 0 Å². The van der Waals surface area contributed by atoms with Crippen LogP contribution >= 0.6 is 11.3 Å². The summed E-state index contributed by atoms with van der Waals surface area (Å²) in [5.41, 5.74) is 9.92. The molecule has 9 aromatic carbocycles. The lowest BCUT2D eigenvalue weighted by Gasteiger charge is -2.18. The first-order valence-corrected chi connectivity index (χ1v) is 20.8. The first-order chi connectivity index (χ1) is 29.3. The van der Waals surface area contributed by atoms with Crippen molar-refractivity contribution >= 4 is 74.7 Å². The van der Waals surface area contributed by atoms with E-state index in [1.807, 2.05) is 11.3 Å². The zero-order valence-electron chi connectivity index (χ0n) is 31.8. The Morgan fingerprint density at radius 2 is 0.881 bits per heavy atom. The maximum absolute atomic E-state index is 5.51. The summed E-state index contributed by atoms with van der Waals surface area (Å²) >= 11 is 1.87. The van der Waals surface area contributed by atoms with Crippen LogP contribution in [0.3, 0.4) is 0 Å². The summed E-state index contributed by atoms with van der Waals surface area (Å²) in [6.45, 7) is 0. The molecule has 0 N–H and O–H groups in total. The topological polar surface area (TPSA) is 38.7 Å². The van der Waals surface area contributed by atoms with E-state index in [2.05, 4.69) is 200 Å². The molecule has 0 spiro atoms. The van der Waals surface area contributed by atoms with Gasteiger partial charge in [0.15, 0.2) is 5.82 Å². The molecule has 59 heavy (non-hydrogen) atoms. The van der Waals surface area contributed by atoms with Gasteiger partial charge in [0.25, 0.3) is 0 Å². The molecule has 0 fully saturated rings. The molecule has 0 atom stereocenters. The molecular weight excluding hydrogens is 735 g/mol. The van der Waals surface area contributed by atoms with E-state index < -0.39 is 0 Å². The fourth-order valence-corrected chi connectivity index (χ4v) is 10.2. The van der Waals surface area contributed by atoms with Crippen LogP contribution in [0.2, 0.25) is 0 Å². The molecular formula is C55H33N3S. The molecule has 3 aromatic heterocycles. The zero-order chi connectivity index (χ0) is 38.9. The van der Waals surface area contributed by atoms with Crippen LogP contribution in [-0.4, -0.2) is 15.0 Å². The lowest BCUT2D eigenvalue weighted by atomic mass is 9.92. The SMILES string of the molecule is c1ccc(-c2nc(-c3cc4ccccc4c4ccccc34)nc(-c3ccccc3)c2-c2ccc(-c3nc4ccccc4c4c3ccc3c5ccccc5sc34)cc2)cc1. The standard InChI is InChI=1S/C55H33N3S/c1-3-15-35(16-4-1)52-49(53(36-17-5-2-6-18-36)58-55(57-52)46-33-38-19-7-8-20-39(38)40-21-9-10-22-41(40)46)34-27-29-37(30-28-34)51-45-32-31-43-42-23-12-14-26-48(42)59-54(43)50(45)44-24-11-13-25-47(44)56-51/h1-33H. The van der Waals surface area contributed by atoms with E-state index in [-0.39, 0.29) is 0 Å². The normalized spacial score (nSPS) is 11.7. The minimum atomic E-state index is 0.699. The second-order valence-corrected chi connectivity index (χ2v) is 16.1. The maximum Gasteiger partial charge on any atom is 0.161 e. The van der Waals surface area contributed by atoms with Crippen molar-refractivity contribution in [2.24, 2.45) is 0 Å². The molecule has 0 unspecified atom stereocenters. The Hall–Kier alpha value is -7.53. The molecule has 0 saturated carbocycles. The van der Waals surface area contributed by atoms with Gasteiger partial charge in [-0.2, -0.15) is 0 Å². The molecule has 3 heterocycles. The van der Waals surface area contributed by atoms with Gasteiger partial charge >= 0.3 is 0 Å². The minimum absolute atomic E-state index is 0.699. The summed E-state index contributed by atoms with van der Waals surface area (Å²) in [4.78, 5) is 16.4. The molecule has 4 heteroatoms. The summed E-state index contributed by atoms with van der Waals surface area (Å²) in [7, 11) is 0. The maximum atomic E-state index is 5.51. The van der Waals surface area contributed by atoms with E-state index in [9.17, 15) is 0 Å². The van der Waals surface area contributed by atoms with Crippen LogP contribution in [-0.2, 0) is 0 Å². The fourth-order valence-electron chi connectivity index (χ4n) is 8.94. The van der Waals surface area contributed by atoms with Crippen LogP contribution in [0.25, 0.3) is 120 Å². The van der Waals surface area contributed by atoms with Gasteiger partial charge in [0, 0.05) is 64.1 Å². The Kier molecular flexibility index (Phi) is 7.72. The number of rotatable bonds is 5. The summed E-state index contributed by atoms with van der Waals surface area (Å²) < 4.78 is 2.60. The second kappa shape index (κ2) is 13.6. The Morgan fingerprint density at radius 3 is 1.61 bits per heavy atom. The van der Waals surface area contributed by atoms with Crippen LogP contribution in [0.4, 0.5) is 0 Å². The fraction of sp³-hybridized carbons (Fsp3) is 0. The van der Waals surface area contributed by atoms with Crippen molar-refractivity contribution in [2.75, 3.05) is 0 Å². The lowest BCUT2D eigenvalue weighted by molar-refractivity contribution is 1.19. The van der Waals surface area contributed by atoms with Crippen LogP contribution < -0.4 is 0 Å². The van der Waals surface area contributed by atoms with Gasteiger partial charge in [-0.25, -0.2) is 15.0 Å². The van der Waals surface area contributed by atoms with E-state index in [0.717, 1.165) is 72.1 Å². The van der Waals surface area contributed by atoms with E-state index in [1.165, 1.54) is 41.7 Å². The number of aromatic nitrogens is 3. The number of hydrogen-bond donors (Lipinski definition) is 0. The third-order valence-electron chi connectivity index (χ3n) is 11.7. The van der Waals surface area contributed by atoms with Crippen LogP contribution in [0.1, 0.15) is 0 Å². The highest BCUT2D eigenvalue weighted by atomic mass is 32.1. The van der Waals surface area contributed by atoms with Crippen molar-refractivity contribution in [2.45, 2.75) is 0 Å². The van der Waals surface area contributed by atoms with Gasteiger partial charge in [0.05, 0.1) is 22.6 Å². The molecule has 3 nitrogen and oxygen atoms in total. The quantitative estimate of drug-likeness (QED) is 0.164. The highest BCUT2D eigenvalue weighted by Crippen LogP contribution is 2.45. The minimum Gasteiger partial charge on any atom is -0.247 e. The molecule has 0 amide bonds. The van der Waals surface area contributed by atoms with Gasteiger partial charge in [-0.1, -0.05) is 182 Å². The van der Waals surface area contributed by atoms with E-state index in [1.54, 1.807) is 0 Å². The van der Waals surface area contributed by atoms with Crippen molar-refractivity contribution in [1.29, 1.82) is 0 Å². The molecule has 0 bridgehead atoms. The summed E-state index contributed by atoms with van der Waals surface area (Å²) in [5.74, 6) is 0.699. The largest absolute Gasteiger partial charge is 0.247 e. The van der Waals surface area contributed by atoms with Crippen LogP contribution in [0.5, 0.6) is 0 Å². The van der Waals surface area contributed by atoms with Crippen molar-refractivity contribution in [1.82, 2.24) is 15.0 Å². The first-order valence-electron chi connectivity index (χ1n) is 19.9. The summed E-state index contributed by atoms with van der Waals surface area (Å²) in [5, 5.41) is 10.9. The van der Waals surface area contributed by atoms with Gasteiger partial charge in [-0.05, 0) is 45.3 Å². The highest BCUT2D eigenvalue weighted by Gasteiger charge is 2.22. The number of benzene rings is 9. The summed E-state index contributed by atoms with van der Waals surface area (Å²) in [6, 6.07) is 71.2. The molecule has 0 saturated heterocycles. The van der Waals surface area contributed by atoms with E-state index in [4.69, 9.17) is 15.0 Å². The number of pyridine rings is 1. The molecule has 0 aliphatic carbocycles. The van der Waals surface area contributed by atoms with Crippen molar-refractivity contribution in [3.05, 3.63) is 200 Å². The zero-order valence-corrected chi connectivity index (χ0v) is 32.6. The first kappa shape index (κ1) is 33.6. The Labute approximate surface area is 344 Å². The smallest absolute Gasteiger partial charge is 0.161 e. The van der Waals surface area contributed by atoms with E-state index in [0.29, 0.717) is 5.82 Å². The Balaban J connectivity index is 1.09. The molecule has 0 radical (unpaired) electrons. The van der Waals surface area contributed by atoms with Crippen molar-refractivity contribution in [3.8, 4) is 56.3 Å². The number of nitrogens with zero attached hydrogens (tertiary/aromatic N) is 3. The Bertz CT molecular complexity index is 3530. The van der Waals surface area contributed by atoms with Crippen molar-refractivity contribution < 1.29 is 0 Å². The second-order valence-electron chi connectivity index (χ2n) is 15.1. The van der Waals surface area contributed by atoms with Crippen LogP contribution in [0, 0.1) is 0 Å². The summed E-state index contributed by atoms with van der Waals surface area (Å²) in [6.07, 6.45) is 0. The Morgan fingerprint density at radius 1 is 0.339 bits per heavy atom. The van der Waals surface area contributed by atoms with Crippen LogP contribution in [0.15, 0.2) is 200 Å². The van der Waals surface area contributed by atoms with E-state index >= 15 is 0 Å². The van der Waals surface area contributed by atoms with Gasteiger partial charge in [-0.15, -0.1) is 11.3 Å². The highest BCUT2D eigenvalue weighted by molar-refractivity contribution is 7.26. The lowest BCUT2D eigenvalue weighted by Crippen LogP contribution is -2.01. The number of fused-ring (bicyclic) bond motifs is 10. The predicted molar refractivity (Wildman–Crippen MR) is 250 cm³/mol. The van der Waals surface area contributed by atoms with Gasteiger partial charge < -0.3 is 0 Å². The number of hydrogen-bond acceptors (Lipinski definition) is 4. The average molecular weight is 768 g/mol. The molecule has 12 rings (SSSR count). The van der Waals surface area contributed by atoms with Crippen molar-refractivity contribution in [3.63, 3.8) is 0 Å². The molecule has 0 aliphatic rings. The van der Waals surface area contributed by atoms with Gasteiger partial charge in [0.1, 0.15) is 0 Å². The monoisotopic (exact) mass is 767 g/mol. The third-order valence-corrected chi connectivity index (χ3v) is 12.9. The number of thiophene rings is 1. The molecule has 0 aliphatic heterocycles. The number of para-hydroxylation sites is 1. The molecule has 274 valence electrons. The molecule has 12 aromatic rings. The van der Waals surface area contributed by atoms with Gasteiger partial charge in [-0.3, -0.25) is 0 Å². The predicted octanol–water partition coefficient (Wildman–Crippen LogP) is 15.2. The average Bonchev–Trinajstić information content (AvgIpc) is 3.70. The third kappa shape index (κ3) is 5.45.